The van der Waals surface area contributed by atoms with Crippen LogP contribution in [-0.2, 0) is 14.3 Å². The zero-order chi connectivity index (χ0) is 19.0. The van der Waals surface area contributed by atoms with Crippen LogP contribution in [0.3, 0.4) is 0 Å². The number of carbonyl (C=O) groups excluding carboxylic acids is 2. The molecule has 4 rings (SSSR count). The molecule has 0 aromatic carbocycles. The molecule has 3 aliphatic heterocycles. The van der Waals surface area contributed by atoms with Gasteiger partial charge in [-0.3, -0.25) is 9.59 Å². The molecule has 7 heteroatoms. The molecule has 0 unspecified atom stereocenters. The molecule has 0 radical (unpaired) electrons. The average molecular weight is 376 g/mol. The number of likely N-dealkylation sites (tertiary alicyclic amines) is 1. The summed E-state index contributed by atoms with van der Waals surface area (Å²) < 4.78 is 16.5. The van der Waals surface area contributed by atoms with Crippen molar-refractivity contribution in [2.24, 2.45) is 11.3 Å². The summed E-state index contributed by atoms with van der Waals surface area (Å²) in [5.74, 6) is 1.33. The van der Waals surface area contributed by atoms with E-state index in [4.69, 9.17) is 13.9 Å². The highest BCUT2D eigenvalue weighted by Crippen LogP contribution is 2.45. The predicted octanol–water partition coefficient (Wildman–Crippen LogP) is 1.62. The summed E-state index contributed by atoms with van der Waals surface area (Å²) in [5.41, 5.74) is 0.421. The molecule has 0 saturated carbocycles. The van der Waals surface area contributed by atoms with Crippen LogP contribution in [0.5, 0.6) is 0 Å². The second-order valence-corrected chi connectivity index (χ2v) is 7.98. The molecule has 3 fully saturated rings. The second-order valence-electron chi connectivity index (χ2n) is 7.98. The minimum atomic E-state index is -0.185. The van der Waals surface area contributed by atoms with E-state index in [1.54, 1.807) is 6.07 Å². The number of hydrogen-bond donors (Lipinski definition) is 0. The molecule has 3 saturated heterocycles. The van der Waals surface area contributed by atoms with Gasteiger partial charge in [-0.1, -0.05) is 0 Å². The maximum absolute atomic E-state index is 13.3. The number of ether oxygens (including phenoxy) is 2. The number of hydrogen-bond acceptors (Lipinski definition) is 5. The molecule has 0 bridgehead atoms. The predicted molar refractivity (Wildman–Crippen MR) is 97.5 cm³/mol. The average Bonchev–Trinajstić information content (AvgIpc) is 3.21. The van der Waals surface area contributed by atoms with Crippen LogP contribution >= 0.6 is 0 Å². The van der Waals surface area contributed by atoms with Gasteiger partial charge in [0, 0.05) is 44.8 Å². The zero-order valence-corrected chi connectivity index (χ0v) is 16.2. The maximum atomic E-state index is 13.3. The summed E-state index contributed by atoms with van der Waals surface area (Å²) in [6.07, 6.45) is 1.64. The number of rotatable bonds is 2. The van der Waals surface area contributed by atoms with E-state index in [1.807, 2.05) is 23.6 Å². The van der Waals surface area contributed by atoms with Crippen molar-refractivity contribution in [1.82, 2.24) is 9.80 Å². The van der Waals surface area contributed by atoms with Gasteiger partial charge in [-0.15, -0.1) is 0 Å². The molecule has 1 aromatic heterocycles. The number of furan rings is 1. The smallest absolute Gasteiger partial charge is 0.257 e. The highest BCUT2D eigenvalue weighted by molar-refractivity contribution is 5.96. The van der Waals surface area contributed by atoms with Gasteiger partial charge in [0.15, 0.2) is 0 Å². The van der Waals surface area contributed by atoms with E-state index in [2.05, 4.69) is 0 Å². The Morgan fingerprint density at radius 3 is 2.33 bits per heavy atom. The molecule has 1 spiro atoms. The largest absolute Gasteiger partial charge is 0.466 e. The molecule has 148 valence electrons. The standard InChI is InChI=1S/C20H28N2O5/c1-14-11-16(15(2)27-14)18(23)22-12-17(19(24)21-5-9-26-10-6-21)20(13-22)3-7-25-8-4-20/h11,17H,3-10,12-13H2,1-2H3/t17-/m1/s1. The SMILES string of the molecule is Cc1cc(C(=O)N2C[C@H](C(=O)N3CCOCC3)C3(CCOCC3)C2)c(C)o1. The lowest BCUT2D eigenvalue weighted by molar-refractivity contribution is -0.144. The molecule has 2 amide bonds. The molecule has 3 aliphatic rings. The van der Waals surface area contributed by atoms with Gasteiger partial charge in [0.05, 0.1) is 24.7 Å². The summed E-state index contributed by atoms with van der Waals surface area (Å²) in [7, 11) is 0. The Hall–Kier alpha value is -1.86. The van der Waals surface area contributed by atoms with Gasteiger partial charge in [0.25, 0.3) is 5.91 Å². The Balaban J connectivity index is 1.58. The van der Waals surface area contributed by atoms with Crippen LogP contribution in [0.1, 0.15) is 34.7 Å². The van der Waals surface area contributed by atoms with Crippen LogP contribution in [0.15, 0.2) is 10.5 Å². The van der Waals surface area contributed by atoms with Crippen molar-refractivity contribution < 1.29 is 23.5 Å². The lowest BCUT2D eigenvalue weighted by atomic mass is 9.71. The van der Waals surface area contributed by atoms with Crippen LogP contribution < -0.4 is 0 Å². The van der Waals surface area contributed by atoms with Gasteiger partial charge in [0.1, 0.15) is 11.5 Å². The highest BCUT2D eigenvalue weighted by atomic mass is 16.5. The Morgan fingerprint density at radius 2 is 1.70 bits per heavy atom. The minimum absolute atomic E-state index is 0.0347. The van der Waals surface area contributed by atoms with Crippen molar-refractivity contribution in [3.05, 3.63) is 23.2 Å². The number of carbonyl (C=O) groups is 2. The lowest BCUT2D eigenvalue weighted by Crippen LogP contribution is -2.49. The van der Waals surface area contributed by atoms with E-state index >= 15 is 0 Å². The molecule has 7 nitrogen and oxygen atoms in total. The van der Waals surface area contributed by atoms with Crippen molar-refractivity contribution in [1.29, 1.82) is 0 Å². The number of nitrogens with zero attached hydrogens (tertiary/aromatic N) is 2. The topological polar surface area (TPSA) is 72.2 Å². The Bertz CT molecular complexity index is 716. The van der Waals surface area contributed by atoms with Crippen molar-refractivity contribution >= 4 is 11.8 Å². The highest BCUT2D eigenvalue weighted by Gasteiger charge is 2.53. The summed E-state index contributed by atoms with van der Waals surface area (Å²) in [5, 5.41) is 0. The van der Waals surface area contributed by atoms with Crippen LogP contribution in [-0.4, -0.2) is 74.2 Å². The van der Waals surface area contributed by atoms with Gasteiger partial charge < -0.3 is 23.7 Å². The summed E-state index contributed by atoms with van der Waals surface area (Å²) >= 11 is 0. The van der Waals surface area contributed by atoms with Crippen LogP contribution in [0.2, 0.25) is 0 Å². The Kier molecular flexibility index (Phi) is 4.99. The fraction of sp³-hybridized carbons (Fsp3) is 0.700. The quantitative estimate of drug-likeness (QED) is 0.784. The first-order valence-corrected chi connectivity index (χ1v) is 9.81. The monoisotopic (exact) mass is 376 g/mol. The molecule has 27 heavy (non-hydrogen) atoms. The number of aryl methyl sites for hydroxylation is 2. The van der Waals surface area contributed by atoms with Gasteiger partial charge in [-0.2, -0.15) is 0 Å². The van der Waals surface area contributed by atoms with E-state index < -0.39 is 0 Å². The van der Waals surface area contributed by atoms with Crippen molar-refractivity contribution in [2.45, 2.75) is 26.7 Å². The van der Waals surface area contributed by atoms with E-state index in [1.165, 1.54) is 0 Å². The normalized spacial score (nSPS) is 25.2. The van der Waals surface area contributed by atoms with Crippen LogP contribution in [0.4, 0.5) is 0 Å². The Labute approximate surface area is 159 Å². The van der Waals surface area contributed by atoms with E-state index in [9.17, 15) is 9.59 Å². The molecule has 1 atom stereocenters. The van der Waals surface area contributed by atoms with Crippen LogP contribution in [0.25, 0.3) is 0 Å². The summed E-state index contributed by atoms with van der Waals surface area (Å²) in [6, 6.07) is 1.80. The zero-order valence-electron chi connectivity index (χ0n) is 16.2. The van der Waals surface area contributed by atoms with Gasteiger partial charge in [-0.25, -0.2) is 0 Å². The third-order valence-corrected chi connectivity index (χ3v) is 6.32. The third-order valence-electron chi connectivity index (χ3n) is 6.32. The Morgan fingerprint density at radius 1 is 1.04 bits per heavy atom. The van der Waals surface area contributed by atoms with Crippen LogP contribution in [0, 0.1) is 25.2 Å². The molecule has 0 N–H and O–H groups in total. The van der Waals surface area contributed by atoms with Crippen molar-refractivity contribution in [3.8, 4) is 0 Å². The third kappa shape index (κ3) is 3.38. The summed E-state index contributed by atoms with van der Waals surface area (Å²) in [4.78, 5) is 30.2. The molecule has 1 aromatic rings. The van der Waals surface area contributed by atoms with Gasteiger partial charge in [-0.05, 0) is 32.8 Å². The first kappa shape index (κ1) is 18.5. The van der Waals surface area contributed by atoms with E-state index in [0.29, 0.717) is 63.9 Å². The van der Waals surface area contributed by atoms with Gasteiger partial charge in [0.2, 0.25) is 5.91 Å². The first-order chi connectivity index (χ1) is 13.0. The second kappa shape index (κ2) is 7.28. The minimum Gasteiger partial charge on any atom is -0.466 e. The summed E-state index contributed by atoms with van der Waals surface area (Å²) in [6.45, 7) is 8.49. The molecule has 0 aliphatic carbocycles. The van der Waals surface area contributed by atoms with E-state index in [-0.39, 0.29) is 23.1 Å². The molecule has 4 heterocycles. The van der Waals surface area contributed by atoms with Crippen molar-refractivity contribution in [2.75, 3.05) is 52.6 Å². The van der Waals surface area contributed by atoms with Gasteiger partial charge >= 0.3 is 0 Å². The molecular weight excluding hydrogens is 348 g/mol. The maximum Gasteiger partial charge on any atom is 0.257 e. The first-order valence-electron chi connectivity index (χ1n) is 9.81. The lowest BCUT2D eigenvalue weighted by Gasteiger charge is -2.39. The van der Waals surface area contributed by atoms with Crippen molar-refractivity contribution in [3.63, 3.8) is 0 Å². The van der Waals surface area contributed by atoms with E-state index in [0.717, 1.165) is 18.6 Å². The number of amides is 2. The molecular formula is C20H28N2O5. The fourth-order valence-electron chi connectivity index (χ4n) is 4.77. The fourth-order valence-corrected chi connectivity index (χ4v) is 4.77. The number of morpholine rings is 1.